The van der Waals surface area contributed by atoms with E-state index in [0.717, 1.165) is 0 Å². The molecular formula is C14H16N4O2. The van der Waals surface area contributed by atoms with Gasteiger partial charge >= 0.3 is 0 Å². The van der Waals surface area contributed by atoms with Gasteiger partial charge in [-0.25, -0.2) is 0 Å². The first-order chi connectivity index (χ1) is 9.43. The number of carbonyl (C=O) groups is 2. The Morgan fingerprint density at radius 1 is 1.30 bits per heavy atom. The maximum Gasteiger partial charge on any atom is 0.263 e. The molecular weight excluding hydrogens is 256 g/mol. The van der Waals surface area contributed by atoms with Crippen LogP contribution >= 0.6 is 0 Å². The van der Waals surface area contributed by atoms with Crippen LogP contribution in [0.1, 0.15) is 24.2 Å². The molecule has 0 heterocycles. The molecule has 104 valence electrons. The minimum Gasteiger partial charge on any atom is -0.366 e. The third kappa shape index (κ3) is 4.46. The molecule has 6 heteroatoms. The molecule has 0 bridgehead atoms. The van der Waals surface area contributed by atoms with Gasteiger partial charge in [0, 0.05) is 23.5 Å². The molecule has 0 saturated heterocycles. The van der Waals surface area contributed by atoms with Crippen molar-refractivity contribution in [3.8, 4) is 6.07 Å². The molecule has 4 N–H and O–H groups in total. The predicted octanol–water partition coefficient (Wildman–Crippen LogP) is 1.13. The largest absolute Gasteiger partial charge is 0.366 e. The Kier molecular flexibility index (Phi) is 5.30. The molecule has 1 rings (SSSR count). The van der Waals surface area contributed by atoms with Crippen molar-refractivity contribution in [2.24, 2.45) is 5.73 Å². The van der Waals surface area contributed by atoms with Gasteiger partial charge in [0.15, 0.2) is 0 Å². The van der Waals surface area contributed by atoms with Gasteiger partial charge in [0.2, 0.25) is 5.91 Å². The van der Waals surface area contributed by atoms with Crippen molar-refractivity contribution in [3.63, 3.8) is 0 Å². The first-order valence-corrected chi connectivity index (χ1v) is 6.01. The predicted molar refractivity (Wildman–Crippen MR) is 75.6 cm³/mol. The van der Waals surface area contributed by atoms with E-state index in [2.05, 4.69) is 10.6 Å². The number of rotatable bonds is 5. The van der Waals surface area contributed by atoms with Crippen molar-refractivity contribution in [2.75, 3.05) is 5.32 Å². The third-order valence-electron chi connectivity index (χ3n) is 2.34. The van der Waals surface area contributed by atoms with E-state index >= 15 is 0 Å². The van der Waals surface area contributed by atoms with Gasteiger partial charge in [-0.2, -0.15) is 5.26 Å². The van der Waals surface area contributed by atoms with E-state index in [0.29, 0.717) is 11.3 Å². The highest BCUT2D eigenvalue weighted by Gasteiger charge is 2.09. The van der Waals surface area contributed by atoms with Crippen molar-refractivity contribution in [1.29, 1.82) is 5.26 Å². The topological polar surface area (TPSA) is 108 Å². The molecule has 0 unspecified atom stereocenters. The van der Waals surface area contributed by atoms with E-state index in [-0.39, 0.29) is 11.6 Å². The number of hydrogen-bond donors (Lipinski definition) is 3. The summed E-state index contributed by atoms with van der Waals surface area (Å²) in [6.07, 6.45) is 1.32. The molecule has 0 fully saturated rings. The second-order valence-electron chi connectivity index (χ2n) is 4.38. The number of benzene rings is 1. The van der Waals surface area contributed by atoms with Gasteiger partial charge in [-0.15, -0.1) is 0 Å². The van der Waals surface area contributed by atoms with E-state index in [9.17, 15) is 9.59 Å². The summed E-state index contributed by atoms with van der Waals surface area (Å²) in [4.78, 5) is 22.6. The zero-order chi connectivity index (χ0) is 15.1. The number of hydrogen-bond acceptors (Lipinski definition) is 4. The average Bonchev–Trinajstić information content (AvgIpc) is 2.39. The standard InChI is InChI=1S/C14H16N4O2/c1-9(2)18-14(20)11(7-15)8-17-12-5-3-10(4-6-12)13(16)19/h3-6,8-9,17H,1-2H3,(H2,16,19)(H,18,20)/b11-8-. The quantitative estimate of drug-likeness (QED) is 0.551. The van der Waals surface area contributed by atoms with Gasteiger partial charge in [-0.1, -0.05) is 0 Å². The number of nitriles is 1. The fourth-order valence-electron chi connectivity index (χ4n) is 1.37. The van der Waals surface area contributed by atoms with Gasteiger partial charge in [0.25, 0.3) is 5.91 Å². The lowest BCUT2D eigenvalue weighted by molar-refractivity contribution is -0.117. The number of nitrogens with zero attached hydrogens (tertiary/aromatic N) is 1. The van der Waals surface area contributed by atoms with Gasteiger partial charge < -0.3 is 16.4 Å². The Morgan fingerprint density at radius 2 is 1.90 bits per heavy atom. The minimum absolute atomic E-state index is 0.0299. The summed E-state index contributed by atoms with van der Waals surface area (Å²) in [7, 11) is 0. The lowest BCUT2D eigenvalue weighted by Crippen LogP contribution is -2.31. The zero-order valence-electron chi connectivity index (χ0n) is 11.3. The summed E-state index contributed by atoms with van der Waals surface area (Å²) in [5.74, 6) is -0.954. The van der Waals surface area contributed by atoms with Crippen LogP contribution in [0, 0.1) is 11.3 Å². The zero-order valence-corrected chi connectivity index (χ0v) is 11.3. The Balaban J connectivity index is 2.76. The summed E-state index contributed by atoms with van der Waals surface area (Å²) in [5.41, 5.74) is 6.12. The van der Waals surface area contributed by atoms with Crippen molar-refractivity contribution in [3.05, 3.63) is 41.6 Å². The Bertz CT molecular complexity index is 568. The summed E-state index contributed by atoms with van der Waals surface area (Å²) in [5, 5.41) is 14.4. The number of nitrogens with two attached hydrogens (primary N) is 1. The monoisotopic (exact) mass is 272 g/mol. The van der Waals surface area contributed by atoms with Gasteiger partial charge in [-0.3, -0.25) is 9.59 Å². The molecule has 0 aliphatic rings. The molecule has 2 amide bonds. The molecule has 0 spiro atoms. The highest BCUT2D eigenvalue weighted by atomic mass is 16.2. The molecule has 0 saturated carbocycles. The number of nitrogens with one attached hydrogen (secondary N) is 2. The van der Waals surface area contributed by atoms with Crippen LogP contribution in [0.15, 0.2) is 36.0 Å². The van der Waals surface area contributed by atoms with Crippen molar-refractivity contribution < 1.29 is 9.59 Å². The first-order valence-electron chi connectivity index (χ1n) is 6.01. The van der Waals surface area contributed by atoms with Gasteiger partial charge in [-0.05, 0) is 38.1 Å². The normalized spacial score (nSPS) is 10.8. The molecule has 0 aromatic heterocycles. The summed E-state index contributed by atoms with van der Waals surface area (Å²) < 4.78 is 0. The number of primary amides is 1. The molecule has 0 radical (unpaired) electrons. The molecule has 1 aromatic rings. The second kappa shape index (κ2) is 6.95. The fraction of sp³-hybridized carbons (Fsp3) is 0.214. The Morgan fingerprint density at radius 3 is 2.35 bits per heavy atom. The number of amides is 2. The lowest BCUT2D eigenvalue weighted by Gasteiger charge is -2.07. The molecule has 1 aromatic carbocycles. The van der Waals surface area contributed by atoms with E-state index in [1.807, 2.05) is 19.9 Å². The summed E-state index contributed by atoms with van der Waals surface area (Å²) >= 11 is 0. The third-order valence-corrected chi connectivity index (χ3v) is 2.34. The van der Waals surface area contributed by atoms with Crippen LogP contribution in [0.3, 0.4) is 0 Å². The molecule has 6 nitrogen and oxygen atoms in total. The highest BCUT2D eigenvalue weighted by molar-refractivity contribution is 5.97. The van der Waals surface area contributed by atoms with Crippen LogP contribution in [0.25, 0.3) is 0 Å². The number of carbonyl (C=O) groups excluding carboxylic acids is 2. The Labute approximate surface area is 117 Å². The van der Waals surface area contributed by atoms with E-state index in [4.69, 9.17) is 11.0 Å². The van der Waals surface area contributed by atoms with E-state index in [1.54, 1.807) is 24.3 Å². The second-order valence-corrected chi connectivity index (χ2v) is 4.38. The van der Waals surface area contributed by atoms with Gasteiger partial charge in [0.05, 0.1) is 0 Å². The van der Waals surface area contributed by atoms with Crippen LogP contribution < -0.4 is 16.4 Å². The molecule has 0 aliphatic carbocycles. The molecule has 0 atom stereocenters. The minimum atomic E-state index is -0.513. The van der Waals surface area contributed by atoms with Crippen molar-refractivity contribution >= 4 is 17.5 Å². The lowest BCUT2D eigenvalue weighted by atomic mass is 10.2. The first kappa shape index (κ1) is 15.2. The van der Waals surface area contributed by atoms with Crippen LogP contribution in [0.2, 0.25) is 0 Å². The summed E-state index contributed by atoms with van der Waals surface area (Å²) in [6.45, 7) is 3.62. The van der Waals surface area contributed by atoms with E-state index < -0.39 is 11.8 Å². The van der Waals surface area contributed by atoms with Crippen LogP contribution in [0.4, 0.5) is 5.69 Å². The summed E-state index contributed by atoms with van der Waals surface area (Å²) in [6, 6.07) is 8.14. The van der Waals surface area contributed by atoms with Crippen LogP contribution in [-0.2, 0) is 4.79 Å². The fourth-order valence-corrected chi connectivity index (χ4v) is 1.37. The highest BCUT2D eigenvalue weighted by Crippen LogP contribution is 2.09. The van der Waals surface area contributed by atoms with Crippen molar-refractivity contribution in [1.82, 2.24) is 5.32 Å². The van der Waals surface area contributed by atoms with Gasteiger partial charge in [0.1, 0.15) is 11.6 Å². The SMILES string of the molecule is CC(C)NC(=O)/C(C#N)=C\Nc1ccc(C(N)=O)cc1. The van der Waals surface area contributed by atoms with Crippen LogP contribution in [0.5, 0.6) is 0 Å². The maximum absolute atomic E-state index is 11.6. The molecule has 20 heavy (non-hydrogen) atoms. The number of anilines is 1. The molecule has 0 aliphatic heterocycles. The smallest absolute Gasteiger partial charge is 0.263 e. The van der Waals surface area contributed by atoms with E-state index in [1.165, 1.54) is 6.20 Å². The van der Waals surface area contributed by atoms with Crippen LogP contribution in [-0.4, -0.2) is 17.9 Å². The average molecular weight is 272 g/mol. The Hall–Kier alpha value is -2.81. The van der Waals surface area contributed by atoms with Crippen molar-refractivity contribution in [2.45, 2.75) is 19.9 Å². The maximum atomic E-state index is 11.6.